The van der Waals surface area contributed by atoms with E-state index in [0.29, 0.717) is 111 Å². The van der Waals surface area contributed by atoms with Crippen LogP contribution in [0.3, 0.4) is 0 Å². The smallest absolute Gasteiger partial charge is 0.872 e. The number of aliphatic hydroxyl groups excluding tert-OH is 1. The minimum Gasteiger partial charge on any atom is -0.872 e. The summed E-state index contributed by atoms with van der Waals surface area (Å²) in [5, 5.41) is 67.4. The van der Waals surface area contributed by atoms with Crippen molar-refractivity contribution >= 4 is 69.2 Å². The zero-order valence-electron chi connectivity index (χ0n) is 71.6. The quantitative estimate of drug-likeness (QED) is 0.0167. The Morgan fingerprint density at radius 3 is 0.838 bits per heavy atom. The molecule has 0 fully saturated rings. The number of ether oxygens (including phenoxy) is 4. The molecule has 117 heavy (non-hydrogen) atoms. The molecule has 0 aromatic heterocycles. The van der Waals surface area contributed by atoms with Gasteiger partial charge in [-0.05, 0) is 89.2 Å². The third kappa shape index (κ3) is 37.5. The standard InChI is InChI=1S/C100H136N4O8.C2H6O.2Ni/c1-6-10-14-18-22-26-30-34-38-46-64-109-95-70-89(91(103-76-87-85-58-44-42-52-79(85)60-62-93(87)105)72-97(95)111-66-48-40-36-32-28-24-20-16-12-8-3)101-74-83-56-50-54-81(99(83)107)68-78(5)69-82-55-51-57-84(100(82)108)75-102-90-71-96(110-65-47-39-35-31-27-23-19-15-11-7-2)98(112-67-49-41-37-33-29-25-21-17-13-9-4)73-92(90)104-77-88-86-59-45-43-53-80(86)61-63-94(88)106;1-2-3;;/h42-45,50-63,70-77,105-108H,5-41,46-49,64-69H2,1-4H3;3H,2H2,1H3;;/q;;2*+2/p-4. The molecule has 0 saturated carbocycles. The summed E-state index contributed by atoms with van der Waals surface area (Å²) in [5.74, 6) is 1.51. The van der Waals surface area contributed by atoms with Gasteiger partial charge in [-0.3, -0.25) is 20.0 Å². The molecule has 15 heteroatoms. The largest absolute Gasteiger partial charge is 2.00 e. The van der Waals surface area contributed by atoms with Crippen molar-refractivity contribution < 1.29 is 77.5 Å². The molecule has 8 rings (SSSR count). The Balaban J connectivity index is 0.00000480. The van der Waals surface area contributed by atoms with Crippen molar-refractivity contribution in [2.75, 3.05) is 33.0 Å². The molecule has 0 unspecified atom stereocenters. The molecule has 0 aliphatic carbocycles. The molecule has 0 atom stereocenters. The summed E-state index contributed by atoms with van der Waals surface area (Å²) in [7, 11) is 0. The molecular formula is C102H138N4Ni2O9. The second kappa shape index (κ2) is 61.4. The predicted molar refractivity (Wildman–Crippen MR) is 479 cm³/mol. The number of unbranched alkanes of at least 4 members (excludes halogenated alkanes) is 36. The van der Waals surface area contributed by atoms with Gasteiger partial charge in [-0.2, -0.15) is 0 Å². The van der Waals surface area contributed by atoms with Crippen molar-refractivity contribution in [3.05, 3.63) is 179 Å². The fraction of sp³-hybridized carbons (Fsp3) is 0.510. The minimum absolute atomic E-state index is 0. The molecule has 0 heterocycles. The van der Waals surface area contributed by atoms with Crippen molar-refractivity contribution in [2.45, 2.75) is 304 Å². The van der Waals surface area contributed by atoms with Crippen LogP contribution in [0.2, 0.25) is 0 Å². The van der Waals surface area contributed by atoms with Gasteiger partial charge in [-0.1, -0.05) is 414 Å². The molecule has 0 bridgehead atoms. The van der Waals surface area contributed by atoms with E-state index in [9.17, 15) is 20.4 Å². The Bertz CT molecular complexity index is 3930. The molecule has 8 aromatic rings. The number of fused-ring (bicyclic) bond motifs is 2. The van der Waals surface area contributed by atoms with Gasteiger partial charge in [0.2, 0.25) is 0 Å². The second-order valence-electron chi connectivity index (χ2n) is 31.2. The number of benzene rings is 8. The number of hydrogen-bond acceptors (Lipinski definition) is 13. The van der Waals surface area contributed by atoms with Crippen LogP contribution in [0.4, 0.5) is 22.7 Å². The number of rotatable bonds is 60. The van der Waals surface area contributed by atoms with Crippen LogP contribution in [0.1, 0.15) is 325 Å². The molecular weight excluding hydrogens is 1540 g/mol. The van der Waals surface area contributed by atoms with E-state index < -0.39 is 0 Å². The summed E-state index contributed by atoms with van der Waals surface area (Å²) < 4.78 is 26.5. The van der Waals surface area contributed by atoms with Crippen molar-refractivity contribution in [3.63, 3.8) is 0 Å². The first-order chi connectivity index (χ1) is 56.5. The predicted octanol–water partition coefficient (Wildman–Crippen LogP) is 26.8. The van der Waals surface area contributed by atoms with E-state index in [4.69, 9.17) is 44.0 Å². The molecule has 0 aliphatic rings. The van der Waals surface area contributed by atoms with Crippen LogP contribution in [0.15, 0.2) is 166 Å². The molecule has 640 valence electrons. The first kappa shape index (κ1) is 99.6. The van der Waals surface area contributed by atoms with Crippen LogP contribution in [-0.4, -0.2) is 63.0 Å². The van der Waals surface area contributed by atoms with Gasteiger partial charge in [0.25, 0.3) is 0 Å². The maximum Gasteiger partial charge on any atom is 2.00 e. The van der Waals surface area contributed by atoms with Gasteiger partial charge >= 0.3 is 33.0 Å². The maximum atomic E-state index is 14.6. The van der Waals surface area contributed by atoms with Crippen molar-refractivity contribution in [1.82, 2.24) is 0 Å². The van der Waals surface area contributed by atoms with Gasteiger partial charge < -0.3 is 44.5 Å². The molecule has 0 saturated heterocycles. The maximum absolute atomic E-state index is 14.6. The Labute approximate surface area is 724 Å². The van der Waals surface area contributed by atoms with Gasteiger partial charge in [-0.25, -0.2) is 0 Å². The third-order valence-corrected chi connectivity index (χ3v) is 21.5. The topological polar surface area (TPSA) is 199 Å². The monoisotopic (exact) mass is 1680 g/mol. The van der Waals surface area contributed by atoms with Crippen LogP contribution < -0.4 is 39.4 Å². The number of nitrogens with zero attached hydrogens (tertiary/aromatic N) is 4. The number of allylic oxidation sites excluding steroid dienone is 1. The van der Waals surface area contributed by atoms with E-state index in [-0.39, 0.29) is 75.4 Å². The Morgan fingerprint density at radius 1 is 0.316 bits per heavy atom. The molecule has 8 aromatic carbocycles. The number of para-hydroxylation sites is 2. The van der Waals surface area contributed by atoms with Crippen LogP contribution in [0, 0.1) is 0 Å². The van der Waals surface area contributed by atoms with E-state index >= 15 is 0 Å². The van der Waals surface area contributed by atoms with E-state index in [1.807, 2.05) is 97.1 Å². The molecule has 0 amide bonds. The summed E-state index contributed by atoms with van der Waals surface area (Å²) in [4.78, 5) is 20.0. The summed E-state index contributed by atoms with van der Waals surface area (Å²) >= 11 is 0. The third-order valence-electron chi connectivity index (χ3n) is 21.5. The molecule has 0 spiro atoms. The Hall–Kier alpha value is -7.95. The molecule has 13 nitrogen and oxygen atoms in total. The van der Waals surface area contributed by atoms with E-state index in [0.717, 1.165) is 98.6 Å². The van der Waals surface area contributed by atoms with Crippen molar-refractivity contribution in [1.29, 1.82) is 0 Å². The van der Waals surface area contributed by atoms with Crippen LogP contribution in [0.25, 0.3) is 21.5 Å². The van der Waals surface area contributed by atoms with Gasteiger partial charge in [0.1, 0.15) is 0 Å². The number of hydrogen-bond donors (Lipinski definition) is 1. The summed E-state index contributed by atoms with van der Waals surface area (Å²) in [6.45, 7) is 17.4. The SMILES string of the molecule is C=C(Cc1cccc(C=Nc2cc(OCCCCCCCCCCCC)c(OCCCCCCCCCCCC)cc2N=Cc2c([O-])ccc3ccccc23)c1[O-])Cc1cccc(C=Nc2cc(OCCCCCCCCCCCC)c(OCCCCCCCCCCCC)cc2N=Cc2c([O-])ccc3ccccc23)c1[O-].CCO.[Ni+2].[Ni+2]. The molecule has 1 N–H and O–H groups in total. The fourth-order valence-corrected chi connectivity index (χ4v) is 14.7. The first-order valence-corrected chi connectivity index (χ1v) is 44.8. The van der Waals surface area contributed by atoms with Gasteiger partial charge in [-0.15, -0.1) is 0 Å². The number of aliphatic imine (C=N–C) groups is 4. The second-order valence-corrected chi connectivity index (χ2v) is 31.2. The summed E-state index contributed by atoms with van der Waals surface area (Å²) in [6, 6.07) is 40.6. The molecule has 0 aliphatic heterocycles. The zero-order chi connectivity index (χ0) is 81.6. The summed E-state index contributed by atoms with van der Waals surface area (Å²) in [5.41, 5.74) is 5.17. The average molecular weight is 1680 g/mol. The van der Waals surface area contributed by atoms with E-state index in [1.54, 1.807) is 68.2 Å². The van der Waals surface area contributed by atoms with Gasteiger partial charge in [0.05, 0.1) is 49.2 Å². The zero-order valence-corrected chi connectivity index (χ0v) is 73.6. The fourth-order valence-electron chi connectivity index (χ4n) is 14.7. The minimum atomic E-state index is -0.214. The van der Waals surface area contributed by atoms with Crippen LogP contribution >= 0.6 is 0 Å². The number of aliphatic hydroxyl groups is 1. The van der Waals surface area contributed by atoms with Crippen molar-refractivity contribution in [2.24, 2.45) is 20.0 Å². The van der Waals surface area contributed by atoms with E-state index in [2.05, 4.69) is 34.3 Å². The normalized spacial score (nSPS) is 11.5. The first-order valence-electron chi connectivity index (χ1n) is 44.8. The molecule has 0 radical (unpaired) electrons. The Morgan fingerprint density at radius 2 is 0.564 bits per heavy atom. The average Bonchev–Trinajstić information content (AvgIpc) is 0.807. The van der Waals surface area contributed by atoms with Gasteiger partial charge in [0, 0.05) is 55.7 Å². The Kier molecular flexibility index (Phi) is 52.2. The van der Waals surface area contributed by atoms with E-state index in [1.165, 1.54) is 180 Å². The van der Waals surface area contributed by atoms with Crippen LogP contribution in [-0.2, 0) is 45.8 Å². The summed E-state index contributed by atoms with van der Waals surface area (Å²) in [6.07, 6.45) is 55.3. The van der Waals surface area contributed by atoms with Crippen LogP contribution in [0.5, 0.6) is 46.0 Å². The van der Waals surface area contributed by atoms with Gasteiger partial charge in [0.15, 0.2) is 23.0 Å². The van der Waals surface area contributed by atoms with Crippen molar-refractivity contribution in [3.8, 4) is 46.0 Å².